The molecule has 0 bridgehead atoms. The van der Waals surface area contributed by atoms with Crippen molar-refractivity contribution in [2.24, 2.45) is 15.7 Å². The summed E-state index contributed by atoms with van der Waals surface area (Å²) in [4.78, 5) is 10.5. The number of aliphatic imine (C=N–C) groups is 2. The fraction of sp³-hybridized carbons (Fsp3) is 0.292. The van der Waals surface area contributed by atoms with Gasteiger partial charge in [0, 0.05) is 18.8 Å². The molecule has 0 radical (unpaired) electrons. The van der Waals surface area contributed by atoms with Crippen LogP contribution in [0.25, 0.3) is 0 Å². The predicted octanol–water partition coefficient (Wildman–Crippen LogP) is 4.71. The van der Waals surface area contributed by atoms with E-state index < -0.39 is 0 Å². The standard InChI is InChI=1S/C21H23FN6.C3H8/c1-15(13-28(3)14-18-6-4-5-17(11-18)12-23)25-21(24)27-16(2)26-20-9-7-19(22)8-10-20;1-3-2/h4-11H,1,13-14H2,2-3H3,(H3,24,25,26,27);3H2,1-2H3. The molecule has 0 saturated carbocycles. The Morgan fingerprint density at radius 2 is 1.87 bits per heavy atom. The van der Waals surface area contributed by atoms with E-state index >= 15 is 0 Å². The third-order valence-corrected chi connectivity index (χ3v) is 3.67. The average Bonchev–Trinajstić information content (AvgIpc) is 2.70. The molecule has 3 N–H and O–H groups in total. The molecule has 0 unspecified atom stereocenters. The molecule has 0 amide bonds. The van der Waals surface area contributed by atoms with Gasteiger partial charge in [-0.1, -0.05) is 39.0 Å². The van der Waals surface area contributed by atoms with Gasteiger partial charge in [0.2, 0.25) is 0 Å². The van der Waals surface area contributed by atoms with Gasteiger partial charge >= 0.3 is 0 Å². The van der Waals surface area contributed by atoms with Crippen LogP contribution < -0.4 is 11.1 Å². The van der Waals surface area contributed by atoms with Gasteiger partial charge in [-0.25, -0.2) is 14.4 Å². The molecule has 0 aliphatic carbocycles. The molecule has 0 spiro atoms. The smallest absolute Gasteiger partial charge is 0.199 e. The van der Waals surface area contributed by atoms with Crippen LogP contribution >= 0.6 is 0 Å². The van der Waals surface area contributed by atoms with Crippen molar-refractivity contribution in [3.8, 4) is 6.07 Å². The Balaban J connectivity index is 0.00000151. The molecule has 2 aromatic carbocycles. The number of nitrogens with two attached hydrogens (primary N) is 1. The van der Waals surface area contributed by atoms with E-state index in [1.54, 1.807) is 25.1 Å². The van der Waals surface area contributed by atoms with Crippen molar-refractivity contribution >= 4 is 17.5 Å². The van der Waals surface area contributed by atoms with Gasteiger partial charge in [-0.3, -0.25) is 4.90 Å². The van der Waals surface area contributed by atoms with E-state index in [0.29, 0.717) is 35.9 Å². The van der Waals surface area contributed by atoms with Crippen LogP contribution in [0.2, 0.25) is 0 Å². The minimum absolute atomic E-state index is 0.174. The summed E-state index contributed by atoms with van der Waals surface area (Å²) in [7, 11) is 1.94. The third-order valence-electron chi connectivity index (χ3n) is 3.67. The lowest BCUT2D eigenvalue weighted by molar-refractivity contribution is 0.351. The predicted molar refractivity (Wildman–Crippen MR) is 127 cm³/mol. The first-order chi connectivity index (χ1) is 14.8. The van der Waals surface area contributed by atoms with Gasteiger partial charge in [0.05, 0.1) is 17.3 Å². The summed E-state index contributed by atoms with van der Waals surface area (Å²) in [5.41, 5.74) is 8.84. The zero-order valence-corrected chi connectivity index (χ0v) is 18.7. The lowest BCUT2D eigenvalue weighted by Gasteiger charge is -2.19. The van der Waals surface area contributed by atoms with Gasteiger partial charge < -0.3 is 11.1 Å². The Labute approximate surface area is 184 Å². The number of likely N-dealkylation sites (N-methyl/N-ethyl adjacent to an activating group) is 1. The molecule has 2 rings (SSSR count). The van der Waals surface area contributed by atoms with Gasteiger partial charge in [0.15, 0.2) is 5.96 Å². The van der Waals surface area contributed by atoms with E-state index in [2.05, 4.69) is 41.8 Å². The normalized spacial score (nSPS) is 11.4. The van der Waals surface area contributed by atoms with Gasteiger partial charge in [0.25, 0.3) is 0 Å². The van der Waals surface area contributed by atoms with Crippen molar-refractivity contribution in [1.29, 1.82) is 5.26 Å². The average molecular weight is 423 g/mol. The second kappa shape index (κ2) is 13.7. The number of nitrogens with one attached hydrogen (secondary N) is 1. The second-order valence-corrected chi connectivity index (χ2v) is 7.05. The largest absolute Gasteiger partial charge is 0.369 e. The Morgan fingerprint density at radius 3 is 2.48 bits per heavy atom. The number of nitrogens with zero attached hydrogens (tertiary/aromatic N) is 4. The minimum Gasteiger partial charge on any atom is -0.369 e. The number of benzene rings is 2. The van der Waals surface area contributed by atoms with Gasteiger partial charge in [-0.2, -0.15) is 5.26 Å². The summed E-state index contributed by atoms with van der Waals surface area (Å²) in [5.74, 6) is 0.292. The molecule has 0 atom stereocenters. The van der Waals surface area contributed by atoms with Crippen LogP contribution in [-0.4, -0.2) is 30.3 Å². The minimum atomic E-state index is -0.318. The van der Waals surface area contributed by atoms with Gasteiger partial charge in [0.1, 0.15) is 11.7 Å². The molecule has 0 heterocycles. The fourth-order valence-corrected chi connectivity index (χ4v) is 2.58. The van der Waals surface area contributed by atoms with Crippen molar-refractivity contribution in [3.05, 3.63) is 77.8 Å². The zero-order valence-electron chi connectivity index (χ0n) is 18.7. The van der Waals surface area contributed by atoms with Crippen LogP contribution in [0, 0.1) is 17.1 Å². The highest BCUT2D eigenvalue weighted by Crippen LogP contribution is 2.12. The highest BCUT2D eigenvalue weighted by atomic mass is 19.1. The highest BCUT2D eigenvalue weighted by molar-refractivity contribution is 5.95. The maximum atomic E-state index is 12.9. The van der Waals surface area contributed by atoms with E-state index in [9.17, 15) is 4.39 Å². The van der Waals surface area contributed by atoms with Crippen molar-refractivity contribution in [2.45, 2.75) is 33.7 Å². The van der Waals surface area contributed by atoms with Crippen molar-refractivity contribution < 1.29 is 4.39 Å². The summed E-state index contributed by atoms with van der Waals surface area (Å²) in [5, 5.41) is 11.9. The summed E-state index contributed by atoms with van der Waals surface area (Å²) in [6.07, 6.45) is 1.25. The summed E-state index contributed by atoms with van der Waals surface area (Å²) in [6, 6.07) is 15.4. The number of amidine groups is 1. The van der Waals surface area contributed by atoms with Crippen LogP contribution in [0.3, 0.4) is 0 Å². The number of guanidine groups is 1. The van der Waals surface area contributed by atoms with E-state index in [4.69, 9.17) is 11.0 Å². The molecule has 31 heavy (non-hydrogen) atoms. The second-order valence-electron chi connectivity index (χ2n) is 7.05. The third kappa shape index (κ3) is 10.7. The topological polar surface area (TPSA) is 89.8 Å². The lowest BCUT2D eigenvalue weighted by atomic mass is 10.1. The Hall–Kier alpha value is -3.50. The number of nitriles is 1. The first-order valence-corrected chi connectivity index (χ1v) is 10.0. The van der Waals surface area contributed by atoms with Crippen molar-refractivity contribution in [3.63, 3.8) is 0 Å². The number of halogens is 1. The Kier molecular flexibility index (Phi) is 11.3. The van der Waals surface area contributed by atoms with E-state index in [0.717, 1.165) is 5.56 Å². The molecule has 0 aromatic heterocycles. The SMILES string of the molecule is C=C(CN(C)Cc1cccc(C#N)c1)NC(N)=NC(C)=Nc1ccc(F)cc1.CCC. The van der Waals surface area contributed by atoms with Crippen LogP contribution in [0.5, 0.6) is 0 Å². The van der Waals surface area contributed by atoms with E-state index in [-0.39, 0.29) is 11.8 Å². The quantitative estimate of drug-likeness (QED) is 0.521. The zero-order chi connectivity index (χ0) is 23.2. The monoisotopic (exact) mass is 422 g/mol. The molecule has 0 saturated heterocycles. The molecule has 7 heteroatoms. The molecule has 164 valence electrons. The number of hydrogen-bond donors (Lipinski definition) is 2. The molecule has 0 aliphatic heterocycles. The highest BCUT2D eigenvalue weighted by Gasteiger charge is 2.05. The van der Waals surface area contributed by atoms with Crippen molar-refractivity contribution in [1.82, 2.24) is 10.2 Å². The molecule has 6 nitrogen and oxygen atoms in total. The summed E-state index contributed by atoms with van der Waals surface area (Å²) >= 11 is 0. The number of rotatable bonds is 6. The number of hydrogen-bond acceptors (Lipinski definition) is 3. The Bertz CT molecular complexity index is 941. The van der Waals surface area contributed by atoms with Crippen LogP contribution in [0.1, 0.15) is 38.3 Å². The van der Waals surface area contributed by atoms with E-state index in [1.807, 2.05) is 30.1 Å². The maximum Gasteiger partial charge on any atom is 0.199 e. The Morgan fingerprint density at radius 1 is 1.23 bits per heavy atom. The molecular weight excluding hydrogens is 391 g/mol. The van der Waals surface area contributed by atoms with Crippen LogP contribution in [-0.2, 0) is 6.54 Å². The maximum absolute atomic E-state index is 12.9. The first-order valence-electron chi connectivity index (χ1n) is 10.0. The van der Waals surface area contributed by atoms with Crippen molar-refractivity contribution in [2.75, 3.05) is 13.6 Å². The molecule has 0 fully saturated rings. The lowest BCUT2D eigenvalue weighted by Crippen LogP contribution is -2.35. The molecular formula is C24H31FN6. The molecule has 0 aliphatic rings. The first kappa shape index (κ1) is 25.5. The summed E-state index contributed by atoms with van der Waals surface area (Å²) in [6.45, 7) is 11.1. The summed E-state index contributed by atoms with van der Waals surface area (Å²) < 4.78 is 12.9. The fourth-order valence-electron chi connectivity index (χ4n) is 2.58. The molecule has 2 aromatic rings. The van der Waals surface area contributed by atoms with Crippen LogP contribution in [0.15, 0.2) is 70.8 Å². The van der Waals surface area contributed by atoms with E-state index in [1.165, 1.54) is 18.6 Å². The van der Waals surface area contributed by atoms with Crippen LogP contribution in [0.4, 0.5) is 10.1 Å². The van der Waals surface area contributed by atoms with Gasteiger partial charge in [-0.05, 0) is 55.9 Å². The van der Waals surface area contributed by atoms with Gasteiger partial charge in [-0.15, -0.1) is 0 Å².